The molecule has 2 aliphatic heterocycles. The summed E-state index contributed by atoms with van der Waals surface area (Å²) in [5, 5.41) is 7.00. The van der Waals surface area contributed by atoms with Gasteiger partial charge in [-0.1, -0.05) is 0 Å². The van der Waals surface area contributed by atoms with Crippen molar-refractivity contribution in [2.45, 2.75) is 43.8 Å². The number of fused-ring (bicyclic) bond motifs is 3. The van der Waals surface area contributed by atoms with Gasteiger partial charge in [0.1, 0.15) is 18.1 Å². The molecule has 0 atom stereocenters. The summed E-state index contributed by atoms with van der Waals surface area (Å²) in [5.74, 6) is -0.169. The predicted octanol–water partition coefficient (Wildman–Crippen LogP) is 2.58. The van der Waals surface area contributed by atoms with Crippen molar-refractivity contribution in [3.05, 3.63) is 48.4 Å². The van der Waals surface area contributed by atoms with Gasteiger partial charge < -0.3 is 14.8 Å². The third kappa shape index (κ3) is 3.06. The van der Waals surface area contributed by atoms with Gasteiger partial charge in [-0.15, -0.1) is 0 Å². The smallest absolute Gasteiger partial charge is 0.276 e. The minimum atomic E-state index is -0.668. The molecule has 1 saturated carbocycles. The molecule has 2 saturated heterocycles. The zero-order valence-corrected chi connectivity index (χ0v) is 18.2. The van der Waals surface area contributed by atoms with Crippen LogP contribution >= 0.6 is 0 Å². The van der Waals surface area contributed by atoms with E-state index in [1.807, 2.05) is 20.0 Å². The van der Waals surface area contributed by atoms with Crippen LogP contribution in [0.15, 0.2) is 37.1 Å². The Bertz CT molecular complexity index is 1390. The molecule has 0 spiro atoms. The molecule has 6 heterocycles. The molecule has 1 aliphatic carbocycles. The van der Waals surface area contributed by atoms with Crippen molar-refractivity contribution in [2.24, 2.45) is 0 Å². The van der Waals surface area contributed by atoms with Crippen LogP contribution in [0.1, 0.15) is 42.9 Å². The number of aromatic nitrogens is 6. The molecule has 3 aliphatic rings. The molecule has 10 nitrogen and oxygen atoms in total. The molecule has 11 heteroatoms. The lowest BCUT2D eigenvalue weighted by Crippen LogP contribution is -2.48. The topological polar surface area (TPSA) is 108 Å². The van der Waals surface area contributed by atoms with Gasteiger partial charge in [0.05, 0.1) is 30.2 Å². The number of carbonyl (C=O) groups excluding carboxylic acids is 1. The fraction of sp³-hybridized carbons (Fsp3) is 0.409. The van der Waals surface area contributed by atoms with Crippen molar-refractivity contribution in [3.8, 4) is 5.88 Å². The van der Waals surface area contributed by atoms with Gasteiger partial charge in [-0.2, -0.15) is 5.10 Å². The average molecular weight is 451 g/mol. The van der Waals surface area contributed by atoms with Crippen LogP contribution in [0.25, 0.3) is 11.3 Å². The number of nitrogens with one attached hydrogen (secondary N) is 1. The second-order valence-corrected chi connectivity index (χ2v) is 9.09. The maximum atomic E-state index is 13.4. The first-order valence-corrected chi connectivity index (χ1v) is 10.8. The van der Waals surface area contributed by atoms with Gasteiger partial charge >= 0.3 is 0 Å². The Balaban J connectivity index is 1.37. The minimum Gasteiger partial charge on any atom is -0.472 e. The van der Waals surface area contributed by atoms with Crippen molar-refractivity contribution >= 4 is 22.9 Å². The van der Waals surface area contributed by atoms with Crippen LogP contribution in [-0.2, 0) is 10.2 Å². The molecule has 1 amide bonds. The third-order valence-corrected chi connectivity index (χ3v) is 6.28. The summed E-state index contributed by atoms with van der Waals surface area (Å²) < 4.78 is 28.3. The average Bonchev–Trinajstić information content (AvgIpc) is 3.54. The van der Waals surface area contributed by atoms with Crippen LogP contribution in [0.2, 0.25) is 0 Å². The lowest BCUT2D eigenvalue weighted by atomic mass is 9.61. The highest BCUT2D eigenvalue weighted by Crippen LogP contribution is 2.58. The molecule has 0 radical (unpaired) electrons. The van der Waals surface area contributed by atoms with Crippen LogP contribution in [0.3, 0.4) is 0 Å². The Morgan fingerprint density at radius 2 is 2.15 bits per heavy atom. The summed E-state index contributed by atoms with van der Waals surface area (Å²) >= 11 is 0. The van der Waals surface area contributed by atoms with E-state index in [4.69, 9.17) is 14.5 Å². The minimum absolute atomic E-state index is 0.157. The van der Waals surface area contributed by atoms with E-state index in [0.717, 1.165) is 5.69 Å². The zero-order valence-electron chi connectivity index (χ0n) is 18.2. The maximum Gasteiger partial charge on any atom is 0.276 e. The highest BCUT2D eigenvalue weighted by atomic mass is 19.1. The van der Waals surface area contributed by atoms with Crippen molar-refractivity contribution in [1.29, 1.82) is 0 Å². The molecule has 170 valence electrons. The first-order chi connectivity index (χ1) is 15.9. The first-order valence-electron chi connectivity index (χ1n) is 10.8. The van der Waals surface area contributed by atoms with E-state index in [1.165, 1.54) is 6.20 Å². The van der Waals surface area contributed by atoms with Gasteiger partial charge in [0, 0.05) is 30.2 Å². The molecular formula is C22H22FN7O3. The number of hydrogen-bond donors (Lipinski definition) is 1. The quantitative estimate of drug-likeness (QED) is 0.480. The van der Waals surface area contributed by atoms with Gasteiger partial charge in [-0.25, -0.2) is 23.9 Å². The first kappa shape index (κ1) is 20.0. The van der Waals surface area contributed by atoms with Crippen LogP contribution in [0.4, 0.5) is 10.1 Å². The van der Waals surface area contributed by atoms with Gasteiger partial charge in [0.2, 0.25) is 5.65 Å². The Hall–Kier alpha value is -3.60. The fourth-order valence-electron chi connectivity index (χ4n) is 4.80. The molecule has 7 rings (SSSR count). The van der Waals surface area contributed by atoms with E-state index in [0.29, 0.717) is 36.4 Å². The molecule has 4 aromatic heterocycles. The number of nitrogens with zero attached hydrogens (tertiary/aromatic N) is 6. The van der Waals surface area contributed by atoms with E-state index < -0.39 is 18.2 Å². The van der Waals surface area contributed by atoms with Gasteiger partial charge in [-0.05, 0) is 32.8 Å². The summed E-state index contributed by atoms with van der Waals surface area (Å²) in [6.07, 6.45) is 9.41. The normalized spacial score (nSPS) is 23.9. The molecule has 2 bridgehead atoms. The van der Waals surface area contributed by atoms with Crippen molar-refractivity contribution in [2.75, 3.05) is 18.6 Å². The molecule has 3 fully saturated rings. The maximum absolute atomic E-state index is 13.4. The zero-order chi connectivity index (χ0) is 22.8. The SMILES string of the molecule is CC(C)Oc1nc(C(=O)Nc2cnn3cccnc23)cn2cc(C34COC(CF)(C3)C4)nc12. The fourth-order valence-corrected chi connectivity index (χ4v) is 4.80. The number of rotatable bonds is 6. The highest BCUT2D eigenvalue weighted by molar-refractivity contribution is 6.04. The monoisotopic (exact) mass is 451 g/mol. The number of anilines is 1. The van der Waals surface area contributed by atoms with Gasteiger partial charge in [0.15, 0.2) is 5.65 Å². The van der Waals surface area contributed by atoms with E-state index in [9.17, 15) is 9.18 Å². The van der Waals surface area contributed by atoms with Crippen molar-refractivity contribution in [1.82, 2.24) is 29.0 Å². The lowest BCUT2D eigenvalue weighted by Gasteiger charge is -2.41. The summed E-state index contributed by atoms with van der Waals surface area (Å²) in [6.45, 7) is 3.70. The Labute approximate surface area is 187 Å². The summed E-state index contributed by atoms with van der Waals surface area (Å²) in [5.41, 5.74) is 1.48. The van der Waals surface area contributed by atoms with Crippen molar-refractivity contribution in [3.63, 3.8) is 0 Å². The van der Waals surface area contributed by atoms with Crippen LogP contribution in [0.5, 0.6) is 5.88 Å². The van der Waals surface area contributed by atoms with E-state index in [2.05, 4.69) is 20.4 Å². The van der Waals surface area contributed by atoms with Crippen LogP contribution < -0.4 is 10.1 Å². The Morgan fingerprint density at radius 3 is 2.91 bits per heavy atom. The van der Waals surface area contributed by atoms with Crippen molar-refractivity contribution < 1.29 is 18.7 Å². The van der Waals surface area contributed by atoms with Gasteiger partial charge in [0.25, 0.3) is 11.8 Å². The number of ether oxygens (including phenoxy) is 2. The van der Waals surface area contributed by atoms with Gasteiger partial charge in [-0.3, -0.25) is 9.20 Å². The molecule has 33 heavy (non-hydrogen) atoms. The van der Waals surface area contributed by atoms with Crippen LogP contribution in [0, 0.1) is 0 Å². The predicted molar refractivity (Wildman–Crippen MR) is 115 cm³/mol. The molecule has 0 unspecified atom stereocenters. The van der Waals surface area contributed by atoms with E-state index >= 15 is 0 Å². The van der Waals surface area contributed by atoms with Crippen LogP contribution in [-0.4, -0.2) is 59.9 Å². The highest BCUT2D eigenvalue weighted by Gasteiger charge is 2.64. The molecule has 4 aromatic rings. The largest absolute Gasteiger partial charge is 0.472 e. The Morgan fingerprint density at radius 1 is 1.30 bits per heavy atom. The number of carbonyl (C=O) groups is 1. The standard InChI is InChI=1S/C22H22FN7O3/c1-13(2)33-20-18-28-16(21-9-22(10-21,11-23)32-12-21)8-29(18)7-15(27-20)19(31)26-14-6-25-30-5-3-4-24-17(14)30/h3-8,13H,9-12H2,1-2H3,(H,26,31). The summed E-state index contributed by atoms with van der Waals surface area (Å²) in [7, 11) is 0. The molecule has 0 aromatic carbocycles. The number of imidazole rings is 1. The summed E-state index contributed by atoms with van der Waals surface area (Å²) in [4.78, 5) is 26.5. The second-order valence-electron chi connectivity index (χ2n) is 9.09. The lowest BCUT2D eigenvalue weighted by molar-refractivity contribution is -0.0235. The molecular weight excluding hydrogens is 429 g/mol. The number of halogens is 1. The Kier molecular flexibility index (Phi) is 4.22. The second kappa shape index (κ2) is 6.95. The number of alkyl halides is 1. The number of amides is 1. The van der Waals surface area contributed by atoms with E-state index in [1.54, 1.807) is 33.6 Å². The number of hydrogen-bond acceptors (Lipinski definition) is 7. The third-order valence-electron chi connectivity index (χ3n) is 6.28. The van der Waals surface area contributed by atoms with E-state index in [-0.39, 0.29) is 23.1 Å². The molecule has 1 N–H and O–H groups in total. The summed E-state index contributed by atoms with van der Waals surface area (Å²) in [6, 6.07) is 1.75.